The molecule has 2 aromatic rings. The van der Waals surface area contributed by atoms with Gasteiger partial charge in [0.2, 0.25) is 0 Å². The van der Waals surface area contributed by atoms with Crippen LogP contribution in [-0.4, -0.2) is 22.5 Å². The van der Waals surface area contributed by atoms with Crippen LogP contribution in [0.5, 0.6) is 11.5 Å². The van der Waals surface area contributed by atoms with Crippen molar-refractivity contribution in [2.75, 3.05) is 0 Å². The Morgan fingerprint density at radius 2 is 1.75 bits per heavy atom. The van der Waals surface area contributed by atoms with Crippen LogP contribution >= 0.6 is 0 Å². The maximum Gasteiger partial charge on any atom is 0.573 e. The zero-order valence-electron chi connectivity index (χ0n) is 11.8. The molecular formula is C15H11F4NO4. The van der Waals surface area contributed by atoms with Crippen LogP contribution < -0.4 is 10.5 Å². The van der Waals surface area contributed by atoms with Crippen LogP contribution in [0.15, 0.2) is 36.4 Å². The summed E-state index contributed by atoms with van der Waals surface area (Å²) in [6, 6.07) is 4.71. The molecule has 0 aromatic heterocycles. The lowest BCUT2D eigenvalue weighted by Gasteiger charge is -2.16. The topological polar surface area (TPSA) is 92.8 Å². The highest BCUT2D eigenvalue weighted by Crippen LogP contribution is 2.33. The van der Waals surface area contributed by atoms with E-state index in [2.05, 4.69) is 4.74 Å². The predicted octanol–water partition coefficient (Wildman–Crippen LogP) is 3.18. The fourth-order valence-corrected chi connectivity index (χ4v) is 2.08. The van der Waals surface area contributed by atoms with Gasteiger partial charge in [-0.2, -0.15) is 0 Å². The molecule has 9 heteroatoms. The summed E-state index contributed by atoms with van der Waals surface area (Å²) in [5.41, 5.74) is 5.19. The number of ether oxygens (including phenoxy) is 1. The van der Waals surface area contributed by atoms with Gasteiger partial charge in [-0.15, -0.1) is 13.2 Å². The normalized spacial score (nSPS) is 12.7. The van der Waals surface area contributed by atoms with E-state index in [1.54, 1.807) is 0 Å². The minimum Gasteiger partial charge on any atom is -0.507 e. The van der Waals surface area contributed by atoms with Crippen molar-refractivity contribution < 1.29 is 37.3 Å². The second-order valence-electron chi connectivity index (χ2n) is 4.79. The first-order chi connectivity index (χ1) is 11.1. The van der Waals surface area contributed by atoms with Gasteiger partial charge in [-0.3, -0.25) is 0 Å². The molecule has 4 N–H and O–H groups in total. The summed E-state index contributed by atoms with van der Waals surface area (Å²) >= 11 is 0. The first-order valence-electron chi connectivity index (χ1n) is 6.45. The number of hydrogen-bond donors (Lipinski definition) is 3. The molecule has 1 atom stereocenters. The van der Waals surface area contributed by atoms with E-state index in [1.807, 2.05) is 0 Å². The van der Waals surface area contributed by atoms with Crippen LogP contribution in [0.25, 0.3) is 0 Å². The molecule has 0 saturated carbocycles. The Balaban J connectivity index is 2.35. The number of rotatable bonds is 4. The summed E-state index contributed by atoms with van der Waals surface area (Å²) in [7, 11) is 0. The first-order valence-corrected chi connectivity index (χ1v) is 6.45. The zero-order chi connectivity index (χ0) is 18.1. The van der Waals surface area contributed by atoms with Gasteiger partial charge in [0.1, 0.15) is 22.9 Å². The standard InChI is InChI=1S/C15H11F4NO4/c16-8-5-10(13(21)11(6-8)14(22)23)12(20)7-1-3-9(4-2-7)24-15(17,18)19/h1-6,12,21H,20H2,(H,22,23)/t12-/m0/s1. The summed E-state index contributed by atoms with van der Waals surface area (Å²) < 4.78 is 53.5. The van der Waals surface area contributed by atoms with E-state index in [-0.39, 0.29) is 11.1 Å². The van der Waals surface area contributed by atoms with Gasteiger partial charge in [0, 0.05) is 5.56 Å². The number of halogens is 4. The van der Waals surface area contributed by atoms with Gasteiger partial charge in [-0.25, -0.2) is 9.18 Å². The van der Waals surface area contributed by atoms with Crippen LogP contribution in [0.4, 0.5) is 17.6 Å². The summed E-state index contributed by atoms with van der Waals surface area (Å²) in [4.78, 5) is 11.0. The second-order valence-corrected chi connectivity index (χ2v) is 4.79. The number of alkyl halides is 3. The quantitative estimate of drug-likeness (QED) is 0.740. The number of aromatic hydroxyl groups is 1. The molecule has 0 fully saturated rings. The monoisotopic (exact) mass is 345 g/mol. The molecule has 5 nitrogen and oxygen atoms in total. The maximum absolute atomic E-state index is 13.5. The molecule has 0 amide bonds. The Kier molecular flexibility index (Phi) is 4.65. The highest BCUT2D eigenvalue weighted by molar-refractivity contribution is 5.91. The SMILES string of the molecule is N[C@@H](c1ccc(OC(F)(F)F)cc1)c1cc(F)cc(C(=O)O)c1O. The highest BCUT2D eigenvalue weighted by atomic mass is 19.4. The Hall–Kier alpha value is -2.81. The van der Waals surface area contributed by atoms with Crippen LogP contribution in [-0.2, 0) is 0 Å². The molecule has 0 unspecified atom stereocenters. The second kappa shape index (κ2) is 6.36. The minimum absolute atomic E-state index is 0.211. The lowest BCUT2D eigenvalue weighted by molar-refractivity contribution is -0.274. The Morgan fingerprint density at radius 1 is 1.17 bits per heavy atom. The average Bonchev–Trinajstić information content (AvgIpc) is 2.47. The molecular weight excluding hydrogens is 334 g/mol. The molecule has 128 valence electrons. The van der Waals surface area contributed by atoms with Gasteiger partial charge in [-0.1, -0.05) is 12.1 Å². The first kappa shape index (κ1) is 17.5. The minimum atomic E-state index is -4.85. The molecule has 0 spiro atoms. The van der Waals surface area contributed by atoms with E-state index < -0.39 is 41.3 Å². The lowest BCUT2D eigenvalue weighted by atomic mass is 9.96. The molecule has 0 aliphatic rings. The molecule has 2 rings (SSSR count). The third-order valence-electron chi connectivity index (χ3n) is 3.14. The predicted molar refractivity (Wildman–Crippen MR) is 74.2 cm³/mol. The number of carbonyl (C=O) groups is 1. The molecule has 0 bridgehead atoms. The van der Waals surface area contributed by atoms with E-state index in [4.69, 9.17) is 10.8 Å². The largest absolute Gasteiger partial charge is 0.573 e. The Bertz CT molecular complexity index is 759. The van der Waals surface area contributed by atoms with E-state index >= 15 is 0 Å². The Morgan fingerprint density at radius 3 is 2.25 bits per heavy atom. The lowest BCUT2D eigenvalue weighted by Crippen LogP contribution is -2.17. The summed E-state index contributed by atoms with van der Waals surface area (Å²) in [6.07, 6.45) is -4.85. The summed E-state index contributed by atoms with van der Waals surface area (Å²) in [5.74, 6) is -3.66. The van der Waals surface area contributed by atoms with Crippen molar-refractivity contribution in [3.05, 3.63) is 58.9 Å². The van der Waals surface area contributed by atoms with Crippen molar-refractivity contribution in [3.8, 4) is 11.5 Å². The molecule has 2 aromatic carbocycles. The third-order valence-corrected chi connectivity index (χ3v) is 3.14. The number of hydrogen-bond acceptors (Lipinski definition) is 4. The third kappa shape index (κ3) is 3.93. The van der Waals surface area contributed by atoms with E-state index in [9.17, 15) is 27.5 Å². The molecule has 0 saturated heterocycles. The maximum atomic E-state index is 13.5. The van der Waals surface area contributed by atoms with Crippen molar-refractivity contribution in [1.29, 1.82) is 0 Å². The van der Waals surface area contributed by atoms with Gasteiger partial charge in [0.25, 0.3) is 0 Å². The van der Waals surface area contributed by atoms with Crippen molar-refractivity contribution in [3.63, 3.8) is 0 Å². The number of aromatic carboxylic acids is 1. The number of carboxylic acids is 1. The smallest absolute Gasteiger partial charge is 0.507 e. The average molecular weight is 345 g/mol. The fraction of sp³-hybridized carbons (Fsp3) is 0.133. The van der Waals surface area contributed by atoms with Crippen molar-refractivity contribution in [1.82, 2.24) is 0 Å². The molecule has 0 heterocycles. The summed E-state index contributed by atoms with van der Waals surface area (Å²) in [6.45, 7) is 0. The van der Waals surface area contributed by atoms with Crippen LogP contribution in [0, 0.1) is 5.82 Å². The molecule has 0 radical (unpaired) electrons. The number of benzene rings is 2. The molecule has 0 aliphatic carbocycles. The zero-order valence-corrected chi connectivity index (χ0v) is 11.8. The van der Waals surface area contributed by atoms with Gasteiger partial charge in [0.05, 0.1) is 6.04 Å². The van der Waals surface area contributed by atoms with Gasteiger partial charge in [-0.05, 0) is 29.8 Å². The van der Waals surface area contributed by atoms with Gasteiger partial charge >= 0.3 is 12.3 Å². The Labute approximate surface area is 132 Å². The van der Waals surface area contributed by atoms with Crippen molar-refractivity contribution in [2.45, 2.75) is 12.4 Å². The van der Waals surface area contributed by atoms with Crippen LogP contribution in [0.2, 0.25) is 0 Å². The van der Waals surface area contributed by atoms with Gasteiger partial charge in [0.15, 0.2) is 0 Å². The molecule has 0 aliphatic heterocycles. The number of nitrogens with two attached hydrogens (primary N) is 1. The van der Waals surface area contributed by atoms with E-state index in [0.717, 1.165) is 18.2 Å². The van der Waals surface area contributed by atoms with Crippen molar-refractivity contribution in [2.24, 2.45) is 5.73 Å². The van der Waals surface area contributed by atoms with Gasteiger partial charge < -0.3 is 20.7 Å². The summed E-state index contributed by atoms with van der Waals surface area (Å²) in [5, 5.41) is 18.8. The van der Waals surface area contributed by atoms with Crippen molar-refractivity contribution >= 4 is 5.97 Å². The fourth-order valence-electron chi connectivity index (χ4n) is 2.08. The van der Waals surface area contributed by atoms with Crippen LogP contribution in [0.3, 0.4) is 0 Å². The van der Waals surface area contributed by atoms with Crippen LogP contribution in [0.1, 0.15) is 27.5 Å². The van der Waals surface area contributed by atoms with E-state index in [0.29, 0.717) is 6.07 Å². The number of carboxylic acid groups (broad SMARTS) is 1. The number of phenols is 1. The molecule has 24 heavy (non-hydrogen) atoms. The highest BCUT2D eigenvalue weighted by Gasteiger charge is 2.31. The van der Waals surface area contributed by atoms with E-state index in [1.165, 1.54) is 12.1 Å².